The molecule has 2 atom stereocenters. The van der Waals surface area contributed by atoms with E-state index in [1.807, 2.05) is 0 Å². The number of methoxy groups -OCH3 is 1. The van der Waals surface area contributed by atoms with E-state index in [-0.39, 0.29) is 87.0 Å². The topological polar surface area (TPSA) is 112 Å². The number of alkyl halides is 1. The van der Waals surface area contributed by atoms with Crippen molar-refractivity contribution < 1.29 is 31.8 Å². The molecule has 1 amide bonds. The van der Waals surface area contributed by atoms with Crippen molar-refractivity contribution in [3.63, 3.8) is 0 Å². The van der Waals surface area contributed by atoms with Crippen molar-refractivity contribution in [3.05, 3.63) is 70.8 Å². The van der Waals surface area contributed by atoms with E-state index in [0.717, 1.165) is 19.4 Å². The maximum atomic E-state index is 17.7. The number of ether oxygens (including phenoxy) is 2. The van der Waals surface area contributed by atoms with Gasteiger partial charge in [-0.3, -0.25) is 14.4 Å². The van der Waals surface area contributed by atoms with Gasteiger partial charge >= 0.3 is 6.01 Å². The minimum atomic E-state index is -2.36. The van der Waals surface area contributed by atoms with Gasteiger partial charge in [0, 0.05) is 24.9 Å². The minimum Gasteiger partial charge on any atom is -0.493 e. The second-order valence-electron chi connectivity index (χ2n) is 17.5. The van der Waals surface area contributed by atoms with Gasteiger partial charge in [0.1, 0.15) is 43.7 Å². The van der Waals surface area contributed by atoms with Crippen LogP contribution in [0.25, 0.3) is 32.8 Å². The number of rotatable bonds is 10. The van der Waals surface area contributed by atoms with E-state index in [1.165, 1.54) is 13.2 Å². The number of primary amides is 1. The van der Waals surface area contributed by atoms with E-state index in [4.69, 9.17) is 20.2 Å². The first-order chi connectivity index (χ1) is 28.6. The Morgan fingerprint density at radius 3 is 2.45 bits per heavy atom. The van der Waals surface area contributed by atoms with E-state index in [0.29, 0.717) is 30.6 Å². The molecule has 0 aliphatic carbocycles. The van der Waals surface area contributed by atoms with Crippen molar-refractivity contribution in [1.29, 1.82) is 0 Å². The maximum Gasteiger partial charge on any atom is 0.319 e. The molecule has 3 aromatic carbocycles. The molecule has 0 radical (unpaired) electrons. The van der Waals surface area contributed by atoms with Crippen molar-refractivity contribution in [2.24, 2.45) is 5.73 Å². The number of fused-ring (bicyclic) bond motifs is 4. The molecule has 2 fully saturated rings. The molecule has 3 aliphatic heterocycles. The van der Waals surface area contributed by atoms with E-state index < -0.39 is 48.7 Å². The van der Waals surface area contributed by atoms with Gasteiger partial charge in [-0.15, -0.1) is 5.54 Å². The normalized spacial score (nSPS) is 19.4. The molecule has 60 heavy (non-hydrogen) atoms. The van der Waals surface area contributed by atoms with Crippen molar-refractivity contribution >= 4 is 41.5 Å². The highest BCUT2D eigenvalue weighted by atomic mass is 28.3. The zero-order valence-electron chi connectivity index (χ0n) is 35.1. The number of carbonyl (C=O) groups excluding carboxylic acids is 1. The first-order valence-corrected chi connectivity index (χ1v) is 23.0. The Balaban J connectivity index is 1.35. The van der Waals surface area contributed by atoms with Crippen LogP contribution in [0.1, 0.15) is 82.6 Å². The van der Waals surface area contributed by atoms with Crippen LogP contribution in [0.3, 0.4) is 0 Å². The number of hydrogen-bond donors (Lipinski definition) is 1. The van der Waals surface area contributed by atoms with Crippen molar-refractivity contribution in [2.75, 3.05) is 38.3 Å². The van der Waals surface area contributed by atoms with Crippen LogP contribution in [-0.2, 0) is 13.1 Å². The highest BCUT2D eigenvalue weighted by molar-refractivity contribution is 6.90. The predicted molar refractivity (Wildman–Crippen MR) is 227 cm³/mol. The van der Waals surface area contributed by atoms with E-state index in [2.05, 4.69) is 68.0 Å². The summed E-state index contributed by atoms with van der Waals surface area (Å²) < 4.78 is 79.9. The molecule has 2 aromatic heterocycles. The number of anilines is 1. The molecule has 316 valence electrons. The molecule has 3 aliphatic rings. The lowest BCUT2D eigenvalue weighted by molar-refractivity contribution is 0.0994. The highest BCUT2D eigenvalue weighted by Crippen LogP contribution is 2.47. The number of nitrogens with zero attached hydrogens (tertiary/aromatic N) is 6. The Kier molecular flexibility index (Phi) is 10.9. The molecule has 0 unspecified atom stereocenters. The van der Waals surface area contributed by atoms with Crippen LogP contribution >= 0.6 is 0 Å². The molecule has 2 N–H and O–H groups in total. The van der Waals surface area contributed by atoms with Crippen molar-refractivity contribution in [1.82, 2.24) is 24.6 Å². The zero-order chi connectivity index (χ0) is 42.8. The largest absolute Gasteiger partial charge is 0.493 e. The Bertz CT molecular complexity index is 2570. The third-order valence-corrected chi connectivity index (χ3v) is 19.6. The van der Waals surface area contributed by atoms with Gasteiger partial charge in [-0.2, -0.15) is 15.1 Å². The molecule has 0 saturated carbocycles. The summed E-state index contributed by atoms with van der Waals surface area (Å²) in [6.45, 7) is 14.9. The Hall–Kier alpha value is -5.20. The predicted octanol–water partition coefficient (Wildman–Crippen LogP) is 8.72. The molecule has 8 rings (SSSR count). The van der Waals surface area contributed by atoms with Gasteiger partial charge in [0.2, 0.25) is 0 Å². The minimum absolute atomic E-state index is 0.0370. The van der Waals surface area contributed by atoms with E-state index >= 15 is 13.2 Å². The SMILES string of the molecule is COc1c(F)c(-c2cccc3ccc(F)c(C#C[Si](C(C)C)(C(C)C)C(C)C)c23)c(F)c2nc(OC[C@@]34CCCN3C[C@H](F)C4)nc(N3CCn4nc(C(N)=O)cc4C3)c12. The zero-order valence-corrected chi connectivity index (χ0v) is 36.1. The average molecular weight is 842 g/mol. The van der Waals surface area contributed by atoms with Gasteiger partial charge in [-0.1, -0.05) is 71.7 Å². The molecular formula is C45H51F4N7O3Si. The Labute approximate surface area is 348 Å². The lowest BCUT2D eigenvalue weighted by Crippen LogP contribution is -2.43. The molecular weight excluding hydrogens is 791 g/mol. The molecule has 0 bridgehead atoms. The number of benzene rings is 3. The average Bonchev–Trinajstić information content (AvgIpc) is 3.90. The Morgan fingerprint density at radius 2 is 1.75 bits per heavy atom. The first kappa shape index (κ1) is 41.5. The molecule has 15 heteroatoms. The van der Waals surface area contributed by atoms with Gasteiger partial charge in [0.25, 0.3) is 5.91 Å². The maximum absolute atomic E-state index is 17.7. The van der Waals surface area contributed by atoms with Gasteiger partial charge in [0.15, 0.2) is 17.4 Å². The van der Waals surface area contributed by atoms with Crippen LogP contribution in [0.4, 0.5) is 23.4 Å². The molecule has 10 nitrogen and oxygen atoms in total. The highest BCUT2D eigenvalue weighted by Gasteiger charge is 2.49. The molecule has 0 spiro atoms. The second-order valence-corrected chi connectivity index (χ2v) is 23.0. The fourth-order valence-corrected chi connectivity index (χ4v) is 15.7. The monoisotopic (exact) mass is 841 g/mol. The Morgan fingerprint density at radius 1 is 1.00 bits per heavy atom. The third kappa shape index (κ3) is 6.76. The number of nitrogens with two attached hydrogens (primary N) is 1. The molecule has 5 heterocycles. The van der Waals surface area contributed by atoms with E-state index in [1.54, 1.807) is 39.9 Å². The summed E-state index contributed by atoms with van der Waals surface area (Å²) in [6.07, 6.45) is 0.900. The van der Waals surface area contributed by atoms with Crippen LogP contribution in [-0.4, -0.2) is 83.7 Å². The van der Waals surface area contributed by atoms with Gasteiger partial charge in [-0.25, -0.2) is 17.6 Å². The van der Waals surface area contributed by atoms with Gasteiger partial charge in [0.05, 0.1) is 47.9 Å². The van der Waals surface area contributed by atoms with Crippen LogP contribution in [0.15, 0.2) is 36.4 Å². The molecule has 2 saturated heterocycles. The summed E-state index contributed by atoms with van der Waals surface area (Å²) in [5.41, 5.74) is 9.50. The summed E-state index contributed by atoms with van der Waals surface area (Å²) in [5, 5.41) is 5.10. The van der Waals surface area contributed by atoms with Gasteiger partial charge < -0.3 is 20.1 Å². The molecule has 5 aromatic rings. The summed E-state index contributed by atoms with van der Waals surface area (Å²) in [4.78, 5) is 25.3. The second kappa shape index (κ2) is 15.7. The fraction of sp³-hybridized carbons (Fsp3) is 0.467. The number of hydrogen-bond acceptors (Lipinski definition) is 8. The van der Waals surface area contributed by atoms with E-state index in [9.17, 15) is 9.18 Å². The van der Waals surface area contributed by atoms with Gasteiger partial charge in [-0.05, 0) is 59.1 Å². The fourth-order valence-electron chi connectivity index (χ4n) is 10.5. The standard InChI is InChI=1S/C45H51F4N7O3Si/c1-25(2)60(26(3)4,27(5)6)19-14-31-33(47)13-12-28-10-8-11-32(35(28)31)36-38(48)40-37(41(58-7)39(36)49)43(54-17-18-56-30(23-54)20-34(53-56)42(50)57)52-44(51-40)59-24-45-15-9-16-55(45)22-29(46)21-45/h8,10-13,20,25-27,29H,9,15-18,21-24H2,1-7H3,(H2,50,57)/t29-,45+/m1/s1. The third-order valence-electron chi connectivity index (χ3n) is 13.3. The summed E-state index contributed by atoms with van der Waals surface area (Å²) in [7, 11) is -1.08. The summed E-state index contributed by atoms with van der Waals surface area (Å²) in [5.74, 6) is -0.269. The van der Waals surface area contributed by atoms with Crippen LogP contribution in [0.5, 0.6) is 11.8 Å². The smallest absolute Gasteiger partial charge is 0.319 e. The lowest BCUT2D eigenvalue weighted by Gasteiger charge is -2.38. The number of carbonyl (C=O) groups is 1. The number of aromatic nitrogens is 4. The summed E-state index contributed by atoms with van der Waals surface area (Å²) in [6, 6.07) is 9.31. The van der Waals surface area contributed by atoms with Crippen molar-refractivity contribution in [2.45, 2.75) is 102 Å². The number of halogens is 4. The quantitative estimate of drug-likeness (QED) is 0.0845. The van der Waals surface area contributed by atoms with Crippen LogP contribution in [0.2, 0.25) is 16.6 Å². The number of amides is 1. The summed E-state index contributed by atoms with van der Waals surface area (Å²) >= 11 is 0. The first-order valence-electron chi connectivity index (χ1n) is 20.7. The van der Waals surface area contributed by atoms with Crippen molar-refractivity contribution in [3.8, 4) is 34.4 Å². The van der Waals surface area contributed by atoms with Crippen LogP contribution < -0.4 is 20.1 Å². The lowest BCUT2D eigenvalue weighted by atomic mass is 9.92. The van der Waals surface area contributed by atoms with Crippen LogP contribution in [0, 0.1) is 28.9 Å².